The molecule has 0 amide bonds. The lowest BCUT2D eigenvalue weighted by Crippen LogP contribution is -2.54. The van der Waals surface area contributed by atoms with Crippen molar-refractivity contribution in [2.75, 3.05) is 0 Å². The number of nitrogens with one attached hydrogen (secondary N) is 4. The molecule has 6 N–H and O–H groups in total. The Balaban J connectivity index is 1.27. The summed E-state index contributed by atoms with van der Waals surface area (Å²) in [6.45, 7) is 0. The Kier molecular flexibility index (Phi) is 9.93. The van der Waals surface area contributed by atoms with Crippen molar-refractivity contribution in [3.05, 3.63) is 150 Å². The molecule has 14 heteroatoms. The highest BCUT2D eigenvalue weighted by molar-refractivity contribution is 8.69. The third-order valence-electron chi connectivity index (χ3n) is 8.08. The Morgan fingerprint density at radius 2 is 1.13 bits per heavy atom. The lowest BCUT2D eigenvalue weighted by molar-refractivity contribution is 0.457. The van der Waals surface area contributed by atoms with Gasteiger partial charge in [0.1, 0.15) is 5.82 Å². The molecule has 2 heterocycles. The Labute approximate surface area is 305 Å². The normalized spacial score (nSPS) is 12.4. The maximum absolute atomic E-state index is 14.0. The first kappa shape index (κ1) is 34.4. The number of fused-ring (bicyclic) bond motifs is 2. The van der Waals surface area contributed by atoms with Gasteiger partial charge in [-0.2, -0.15) is 0 Å². The van der Waals surface area contributed by atoms with Crippen LogP contribution in [-0.4, -0.2) is 36.9 Å². The number of amidine groups is 2. The molecule has 256 valence electrons. The van der Waals surface area contributed by atoms with E-state index >= 15 is 0 Å². The Morgan fingerprint density at radius 3 is 1.77 bits per heavy atom. The van der Waals surface area contributed by atoms with E-state index in [-0.39, 0.29) is 27.8 Å². The van der Waals surface area contributed by atoms with Crippen LogP contribution in [0, 0.1) is 16.6 Å². The third-order valence-corrected chi connectivity index (χ3v) is 18.6. The highest BCUT2D eigenvalue weighted by atomic mass is 32.6. The van der Waals surface area contributed by atoms with E-state index in [1.165, 1.54) is 34.6 Å². The summed E-state index contributed by atoms with van der Waals surface area (Å²) < 4.78 is 14.0. The molecular formula is C38H29FN8O2S2Si. The summed E-state index contributed by atoms with van der Waals surface area (Å²) >= 11 is 2.39. The van der Waals surface area contributed by atoms with Crippen molar-refractivity contribution in [1.29, 1.82) is 10.8 Å². The number of halogens is 1. The van der Waals surface area contributed by atoms with Crippen molar-refractivity contribution in [3.63, 3.8) is 0 Å². The van der Waals surface area contributed by atoms with E-state index in [4.69, 9.17) is 10.8 Å². The molecule has 0 radical (unpaired) electrons. The van der Waals surface area contributed by atoms with Crippen LogP contribution < -0.4 is 10.4 Å². The fourth-order valence-electron chi connectivity index (χ4n) is 5.68. The number of para-hydroxylation sites is 2. The Bertz CT molecular complexity index is 2460. The molecule has 0 aliphatic heterocycles. The molecule has 0 unspecified atom stereocenters. The summed E-state index contributed by atoms with van der Waals surface area (Å²) in [5.74, 6) is -0.638. The smallest absolute Gasteiger partial charge is 0.256 e. The van der Waals surface area contributed by atoms with Crippen LogP contribution in [0.4, 0.5) is 10.1 Å². The molecule has 7 rings (SSSR count). The molecule has 7 aromatic rings. The van der Waals surface area contributed by atoms with Gasteiger partial charge in [0.15, 0.2) is 21.9 Å². The van der Waals surface area contributed by atoms with Crippen molar-refractivity contribution in [2.24, 2.45) is 20.5 Å². The summed E-state index contributed by atoms with van der Waals surface area (Å²) in [6, 6.07) is 39.7. The number of hydrogen-bond acceptors (Lipinski definition) is 8. The van der Waals surface area contributed by atoms with E-state index in [9.17, 15) is 14.6 Å². The first-order valence-corrected chi connectivity index (χ1v) is 21.0. The van der Waals surface area contributed by atoms with Crippen LogP contribution in [0.1, 0.15) is 11.1 Å². The van der Waals surface area contributed by atoms with Crippen molar-refractivity contribution < 1.29 is 14.6 Å². The second-order valence-electron chi connectivity index (χ2n) is 11.4. The van der Waals surface area contributed by atoms with Crippen molar-refractivity contribution >= 4 is 88.8 Å². The van der Waals surface area contributed by atoms with Crippen LogP contribution in [-0.2, 0) is 0 Å². The van der Waals surface area contributed by atoms with Gasteiger partial charge in [0.05, 0.1) is 11.2 Å². The average Bonchev–Trinajstić information content (AvgIpc) is 3.67. The highest BCUT2D eigenvalue weighted by Crippen LogP contribution is 2.38. The van der Waals surface area contributed by atoms with Gasteiger partial charge in [0.2, 0.25) is 5.88 Å². The number of aromatic nitrogens is 2. The summed E-state index contributed by atoms with van der Waals surface area (Å²) in [6.07, 6.45) is -1.59. The molecule has 0 aliphatic rings. The molecule has 2 aromatic heterocycles. The maximum Gasteiger partial charge on any atom is 0.256 e. The molecular weight excluding hydrogens is 712 g/mol. The van der Waals surface area contributed by atoms with Crippen LogP contribution in [0.25, 0.3) is 33.6 Å². The second-order valence-corrected chi connectivity index (χ2v) is 20.6. The van der Waals surface area contributed by atoms with Gasteiger partial charge in [-0.25, -0.2) is 4.39 Å². The van der Waals surface area contributed by atoms with Crippen LogP contribution in [0.15, 0.2) is 154 Å². The number of hydrogen-bond donors (Lipinski definition) is 6. The monoisotopic (exact) mass is 740 g/mol. The van der Waals surface area contributed by atoms with E-state index in [1.807, 2.05) is 103 Å². The minimum Gasteiger partial charge on any atom is -0.494 e. The molecule has 0 bridgehead atoms. The lowest BCUT2D eigenvalue weighted by atomic mass is 10.1. The van der Waals surface area contributed by atoms with Gasteiger partial charge in [-0.3, -0.25) is 10.8 Å². The number of azo groups is 2. The quantitative estimate of drug-likeness (QED) is 0.0395. The van der Waals surface area contributed by atoms with Crippen LogP contribution in [0.5, 0.6) is 11.8 Å². The molecule has 10 nitrogen and oxygen atoms in total. The molecule has 0 saturated heterocycles. The predicted molar refractivity (Wildman–Crippen MR) is 212 cm³/mol. The lowest BCUT2D eigenvalue weighted by Gasteiger charge is -2.29. The van der Waals surface area contributed by atoms with E-state index in [2.05, 4.69) is 30.4 Å². The van der Waals surface area contributed by atoms with E-state index in [0.29, 0.717) is 27.7 Å². The molecule has 52 heavy (non-hydrogen) atoms. The Morgan fingerprint density at radius 1 is 0.615 bits per heavy atom. The van der Waals surface area contributed by atoms with Gasteiger partial charge in [-0.05, 0) is 52.8 Å². The average molecular weight is 741 g/mol. The molecule has 0 aliphatic carbocycles. The van der Waals surface area contributed by atoms with Crippen LogP contribution in [0.2, 0.25) is 0 Å². The summed E-state index contributed by atoms with van der Waals surface area (Å²) in [7, 11) is 0. The summed E-state index contributed by atoms with van der Waals surface area (Å²) in [4.78, 5) is 5.84. The highest BCUT2D eigenvalue weighted by Gasteiger charge is 2.43. The first-order valence-electron chi connectivity index (χ1n) is 15.9. The third kappa shape index (κ3) is 7.21. The van der Waals surface area contributed by atoms with E-state index < -0.39 is 12.2 Å². The molecule has 0 fully saturated rings. The number of rotatable bonds is 8. The van der Waals surface area contributed by atoms with Crippen LogP contribution in [0.3, 0.4) is 0 Å². The SMILES string of the molecule is N=C(N=N/C(=C\c1c(O)[nH]c2ccccc12)c1ccc(F)cc1)S[Si](SC(=N)N=Nc1c(O)[nH]c2ccccc12)(c1ccccc1)c1ccccc1. The van der Waals surface area contributed by atoms with Gasteiger partial charge in [-0.15, -0.1) is 20.5 Å². The van der Waals surface area contributed by atoms with E-state index in [0.717, 1.165) is 21.3 Å². The maximum atomic E-state index is 14.0. The Hall–Kier alpha value is -6.09. The molecule has 0 saturated carbocycles. The zero-order valence-electron chi connectivity index (χ0n) is 27.2. The topological polar surface area (TPSA) is 169 Å². The fourth-order valence-corrected chi connectivity index (χ4v) is 15.3. The fraction of sp³-hybridized carbons (Fsp3) is 0. The summed E-state index contributed by atoms with van der Waals surface area (Å²) in [5.41, 5.74) is 2.94. The van der Waals surface area contributed by atoms with Crippen LogP contribution >= 0.6 is 22.4 Å². The molecule has 0 atom stereocenters. The van der Waals surface area contributed by atoms with Gasteiger partial charge < -0.3 is 20.2 Å². The van der Waals surface area contributed by atoms with Crippen molar-refractivity contribution in [1.82, 2.24) is 9.97 Å². The van der Waals surface area contributed by atoms with Crippen molar-refractivity contribution in [2.45, 2.75) is 0 Å². The second kappa shape index (κ2) is 15.0. The molecule has 0 spiro atoms. The minimum absolute atomic E-state index is 0.0647. The standard InChI is InChI=1S/C38H29FN8O2S2Si/c39-25-21-19-24(20-22-25)33(23-30-28-15-7-9-17-31(28)42-35(30)48)44-46-37(40)50-52(26-11-3-1-4-12-26,27-13-5-2-6-14-27)51-38(41)47-45-34-29-16-8-10-18-32(29)43-36(34)49/h1-23,40-43,48-49H/b33-23-,40-37?,41-38?,46-44?,47-45?. The number of aromatic hydroxyl groups is 2. The van der Waals surface area contributed by atoms with Gasteiger partial charge in [-0.1, -0.05) is 119 Å². The number of benzene rings is 5. The minimum atomic E-state index is -3.24. The largest absolute Gasteiger partial charge is 0.494 e. The van der Waals surface area contributed by atoms with Gasteiger partial charge >= 0.3 is 0 Å². The summed E-state index contributed by atoms with van der Waals surface area (Å²) in [5, 5.41) is 59.8. The number of H-pyrrole nitrogens is 2. The molecule has 5 aromatic carbocycles. The number of nitrogens with zero attached hydrogens (tertiary/aromatic N) is 4. The van der Waals surface area contributed by atoms with Crippen molar-refractivity contribution in [3.8, 4) is 11.8 Å². The first-order chi connectivity index (χ1) is 25.3. The predicted octanol–water partition coefficient (Wildman–Crippen LogP) is 9.53. The number of aromatic amines is 2. The van der Waals surface area contributed by atoms with Gasteiger partial charge in [0, 0.05) is 27.4 Å². The zero-order valence-corrected chi connectivity index (χ0v) is 29.8. The van der Waals surface area contributed by atoms with Gasteiger partial charge in [0.25, 0.3) is 6.37 Å². The van der Waals surface area contributed by atoms with E-state index in [1.54, 1.807) is 24.3 Å². The zero-order chi connectivity index (χ0) is 36.1.